The zero-order valence-corrected chi connectivity index (χ0v) is 13.7. The Morgan fingerprint density at radius 2 is 1.04 bits per heavy atom. The van der Waals surface area contributed by atoms with E-state index in [1.807, 2.05) is 0 Å². The summed E-state index contributed by atoms with van der Waals surface area (Å²) in [6.07, 6.45) is 0. The van der Waals surface area contributed by atoms with Gasteiger partial charge in [-0.25, -0.2) is 0 Å². The molecule has 0 amide bonds. The van der Waals surface area contributed by atoms with Crippen molar-refractivity contribution in [3.05, 3.63) is 92.0 Å². The van der Waals surface area contributed by atoms with Crippen LogP contribution in [0.5, 0.6) is 0 Å². The maximum Gasteiger partial charge on any atom is 0.336 e. The van der Waals surface area contributed by atoms with Gasteiger partial charge in [-0.2, -0.15) is 0 Å². The van der Waals surface area contributed by atoms with Crippen molar-refractivity contribution in [3.8, 4) is 0 Å². The maximum atomic E-state index is 12.1. The van der Waals surface area contributed by atoms with Crippen molar-refractivity contribution in [2.45, 2.75) is 12.1 Å². The molecular formula is C17H14N2O8. The number of rotatable bonds is 8. The van der Waals surface area contributed by atoms with Crippen molar-refractivity contribution in [2.24, 2.45) is 5.41 Å². The molecule has 0 bridgehead atoms. The molecule has 2 aromatic rings. The van der Waals surface area contributed by atoms with Crippen molar-refractivity contribution >= 4 is 11.9 Å². The van der Waals surface area contributed by atoms with Crippen LogP contribution in [0, 0.1) is 25.6 Å². The molecule has 0 saturated carbocycles. The number of hydrogen-bond acceptors (Lipinski definition) is 6. The number of aliphatic carboxylic acids is 2. The lowest BCUT2D eigenvalue weighted by Crippen LogP contribution is -2.53. The number of carboxylic acid groups (broad SMARTS) is 2. The third-order valence-corrected chi connectivity index (χ3v) is 4.22. The van der Waals surface area contributed by atoms with Gasteiger partial charge >= 0.3 is 17.4 Å². The first-order valence-electron chi connectivity index (χ1n) is 7.58. The molecule has 0 aliphatic heterocycles. The molecule has 27 heavy (non-hydrogen) atoms. The zero-order valence-electron chi connectivity index (χ0n) is 13.7. The molecule has 2 rings (SSSR count). The van der Waals surface area contributed by atoms with Gasteiger partial charge in [-0.15, -0.1) is 0 Å². The Morgan fingerprint density at radius 1 is 0.741 bits per heavy atom. The second-order valence-corrected chi connectivity index (χ2v) is 5.68. The van der Waals surface area contributed by atoms with Crippen LogP contribution in [0.3, 0.4) is 0 Å². The molecule has 10 heteroatoms. The van der Waals surface area contributed by atoms with Crippen molar-refractivity contribution in [1.82, 2.24) is 0 Å². The van der Waals surface area contributed by atoms with E-state index in [-0.39, 0.29) is 11.1 Å². The number of carboxylic acids is 2. The molecule has 2 N–H and O–H groups in total. The fourth-order valence-electron chi connectivity index (χ4n) is 3.08. The quantitative estimate of drug-likeness (QED) is 0.403. The minimum Gasteiger partial charge on any atom is -0.480 e. The molecule has 0 aromatic heterocycles. The molecule has 0 spiro atoms. The Bertz CT molecular complexity index is 796. The van der Waals surface area contributed by atoms with E-state index >= 15 is 0 Å². The van der Waals surface area contributed by atoms with Gasteiger partial charge < -0.3 is 10.2 Å². The molecule has 2 aromatic carbocycles. The first-order valence-corrected chi connectivity index (χ1v) is 7.58. The fourth-order valence-corrected chi connectivity index (χ4v) is 3.08. The Hall–Kier alpha value is -3.82. The van der Waals surface area contributed by atoms with Crippen LogP contribution in [-0.4, -0.2) is 32.0 Å². The summed E-state index contributed by atoms with van der Waals surface area (Å²) in [5, 5.41) is 43.1. The monoisotopic (exact) mass is 374 g/mol. The molecule has 2 atom stereocenters. The summed E-state index contributed by atoms with van der Waals surface area (Å²) in [5.74, 6) is -4.35. The van der Waals surface area contributed by atoms with Gasteiger partial charge in [0, 0.05) is 21.0 Å². The lowest BCUT2D eigenvalue weighted by Gasteiger charge is -2.30. The summed E-state index contributed by atoms with van der Waals surface area (Å²) in [5.41, 5.74) is -3.92. The van der Waals surface area contributed by atoms with Crippen molar-refractivity contribution in [1.29, 1.82) is 0 Å². The number of nitro groups is 2. The van der Waals surface area contributed by atoms with Crippen molar-refractivity contribution in [3.63, 3.8) is 0 Å². The Kier molecular flexibility index (Phi) is 5.49. The van der Waals surface area contributed by atoms with Crippen molar-refractivity contribution in [2.75, 3.05) is 0 Å². The van der Waals surface area contributed by atoms with Gasteiger partial charge in [0.1, 0.15) is 0 Å². The minimum atomic E-state index is -3.38. The van der Waals surface area contributed by atoms with E-state index in [4.69, 9.17) is 0 Å². The van der Waals surface area contributed by atoms with E-state index in [1.165, 1.54) is 36.4 Å². The summed E-state index contributed by atoms with van der Waals surface area (Å²) < 4.78 is 0. The number of nitrogens with zero attached hydrogens (tertiary/aromatic N) is 2. The molecule has 140 valence electrons. The minimum absolute atomic E-state index is 0.268. The van der Waals surface area contributed by atoms with Crippen LogP contribution in [-0.2, 0) is 9.59 Å². The maximum absolute atomic E-state index is 12.1. The van der Waals surface area contributed by atoms with E-state index in [1.54, 1.807) is 0 Å². The van der Waals surface area contributed by atoms with Gasteiger partial charge in [0.2, 0.25) is 0 Å². The molecule has 0 aliphatic carbocycles. The summed E-state index contributed by atoms with van der Waals surface area (Å²) in [6.45, 7) is 0. The average molecular weight is 374 g/mol. The van der Waals surface area contributed by atoms with Gasteiger partial charge in [-0.1, -0.05) is 60.7 Å². The van der Waals surface area contributed by atoms with Gasteiger partial charge in [0.05, 0.1) is 0 Å². The second-order valence-electron chi connectivity index (χ2n) is 5.68. The van der Waals surface area contributed by atoms with Crippen LogP contribution >= 0.6 is 0 Å². The van der Waals surface area contributed by atoms with Crippen molar-refractivity contribution < 1.29 is 29.6 Å². The summed E-state index contributed by atoms with van der Waals surface area (Å²) in [4.78, 5) is 45.5. The largest absolute Gasteiger partial charge is 0.480 e. The predicted molar refractivity (Wildman–Crippen MR) is 90.1 cm³/mol. The summed E-state index contributed by atoms with van der Waals surface area (Å²) in [7, 11) is 0. The summed E-state index contributed by atoms with van der Waals surface area (Å²) >= 11 is 0. The Morgan fingerprint density at radius 3 is 1.26 bits per heavy atom. The highest BCUT2D eigenvalue weighted by Crippen LogP contribution is 2.48. The predicted octanol–water partition coefficient (Wildman–Crippen LogP) is 2.18. The number of carbonyl (C=O) groups is 2. The Labute approximate surface area is 152 Å². The zero-order chi connectivity index (χ0) is 20.2. The topological polar surface area (TPSA) is 161 Å². The van der Waals surface area contributed by atoms with Crippen LogP contribution in [0.15, 0.2) is 60.7 Å². The highest BCUT2D eigenvalue weighted by molar-refractivity contribution is 6.00. The normalized spacial score (nSPS) is 13.3. The first kappa shape index (κ1) is 19.5. The molecular weight excluding hydrogens is 360 g/mol. The van der Waals surface area contributed by atoms with Crippen LogP contribution in [0.1, 0.15) is 23.2 Å². The fraction of sp³-hybridized carbons (Fsp3) is 0.176. The average Bonchev–Trinajstić information content (AvgIpc) is 2.61. The van der Waals surface area contributed by atoms with E-state index in [2.05, 4.69) is 0 Å². The number of benzene rings is 2. The van der Waals surface area contributed by atoms with E-state index in [0.29, 0.717) is 0 Å². The molecule has 0 heterocycles. The standard InChI is InChI=1S/C17H14N2O8/c20-15(21)17(16(22)23,13(18(24)25)11-7-3-1-4-8-11)14(19(26)27)12-9-5-2-6-10-12/h1-10,13-14H,(H,20,21)(H,22,23). The van der Waals surface area contributed by atoms with E-state index in [0.717, 1.165) is 24.3 Å². The molecule has 10 nitrogen and oxygen atoms in total. The number of hydrogen-bond donors (Lipinski definition) is 2. The van der Waals surface area contributed by atoms with E-state index < -0.39 is 39.3 Å². The van der Waals surface area contributed by atoms with Crippen LogP contribution in [0.4, 0.5) is 0 Å². The molecule has 0 radical (unpaired) electrons. The van der Waals surface area contributed by atoms with Gasteiger partial charge in [0.25, 0.3) is 12.1 Å². The van der Waals surface area contributed by atoms with Crippen LogP contribution in [0.2, 0.25) is 0 Å². The molecule has 0 aliphatic rings. The third kappa shape index (κ3) is 3.32. The van der Waals surface area contributed by atoms with Gasteiger partial charge in [0.15, 0.2) is 0 Å². The lowest BCUT2D eigenvalue weighted by atomic mass is 9.69. The van der Waals surface area contributed by atoms with Crippen LogP contribution in [0.25, 0.3) is 0 Å². The van der Waals surface area contributed by atoms with Crippen LogP contribution < -0.4 is 0 Å². The molecule has 0 fully saturated rings. The first-order chi connectivity index (χ1) is 12.7. The third-order valence-electron chi connectivity index (χ3n) is 4.22. The van der Waals surface area contributed by atoms with Gasteiger partial charge in [-0.05, 0) is 0 Å². The summed E-state index contributed by atoms with van der Waals surface area (Å²) in [6, 6.07) is 8.24. The lowest BCUT2D eigenvalue weighted by molar-refractivity contribution is -0.590. The van der Waals surface area contributed by atoms with E-state index in [9.17, 15) is 40.0 Å². The van der Waals surface area contributed by atoms with Gasteiger partial charge in [-0.3, -0.25) is 29.8 Å². The molecule has 2 unspecified atom stereocenters. The SMILES string of the molecule is O=C(O)C(C(=O)O)(C(c1ccccc1)[N+](=O)[O-])C(c1ccccc1)[N+](=O)[O-]. The Balaban J connectivity index is 2.89. The highest BCUT2D eigenvalue weighted by atomic mass is 16.6. The second kappa shape index (κ2) is 7.60. The smallest absolute Gasteiger partial charge is 0.336 e. The highest BCUT2D eigenvalue weighted by Gasteiger charge is 2.71. The molecule has 0 saturated heterocycles.